The van der Waals surface area contributed by atoms with E-state index in [1.807, 2.05) is 18.2 Å². The second-order valence-electron chi connectivity index (χ2n) is 6.26. The van der Waals surface area contributed by atoms with Crippen LogP contribution in [0.15, 0.2) is 63.8 Å². The zero-order valence-electron chi connectivity index (χ0n) is 15.1. The lowest BCUT2D eigenvalue weighted by Gasteiger charge is -2.15. The number of aromatic nitrogens is 3. The summed E-state index contributed by atoms with van der Waals surface area (Å²) in [6.07, 6.45) is 3.49. The fraction of sp³-hybridized carbons (Fsp3) is 0.263. The lowest BCUT2D eigenvalue weighted by molar-refractivity contribution is 0.624. The lowest BCUT2D eigenvalue weighted by Crippen LogP contribution is -2.10. The Kier molecular flexibility index (Phi) is 6.11. The van der Waals surface area contributed by atoms with E-state index in [-0.39, 0.29) is 18.3 Å². The zero-order valence-corrected chi connectivity index (χ0v) is 15.9. The topological polar surface area (TPSA) is 79.5 Å². The first-order valence-corrected chi connectivity index (χ1v) is 9.32. The van der Waals surface area contributed by atoms with Gasteiger partial charge in [0.2, 0.25) is 0 Å². The molecular weight excluding hydrogens is 363 g/mol. The molecule has 3 aromatic rings. The Balaban J connectivity index is 2.05. The van der Waals surface area contributed by atoms with Crippen molar-refractivity contribution in [1.29, 1.82) is 0 Å². The van der Waals surface area contributed by atoms with Crippen LogP contribution < -0.4 is 0 Å². The minimum absolute atomic E-state index is 0.158. The van der Waals surface area contributed by atoms with Gasteiger partial charge in [-0.05, 0) is 47.3 Å². The molecule has 0 bridgehead atoms. The molecule has 3 rings (SSSR count). The summed E-state index contributed by atoms with van der Waals surface area (Å²) < 4.78 is 15.6. The van der Waals surface area contributed by atoms with Crippen LogP contribution in [0.3, 0.4) is 0 Å². The van der Waals surface area contributed by atoms with Gasteiger partial charge in [0.15, 0.2) is 0 Å². The molecule has 2 heterocycles. The van der Waals surface area contributed by atoms with Gasteiger partial charge >= 0.3 is 0 Å². The van der Waals surface area contributed by atoms with Gasteiger partial charge in [-0.15, -0.1) is 0 Å². The van der Waals surface area contributed by atoms with Crippen molar-refractivity contribution in [3.63, 3.8) is 0 Å². The molecule has 6 nitrogen and oxygen atoms in total. The molecule has 0 amide bonds. The SMILES string of the molecule is CC(C)c1c(Sc2cccc(F)c2)nc(CN=[N+]=[N-])n1Cc1ccncc1. The number of imidazole rings is 1. The van der Waals surface area contributed by atoms with Crippen molar-refractivity contribution in [2.75, 3.05) is 0 Å². The molecule has 0 fully saturated rings. The maximum absolute atomic E-state index is 13.6. The molecule has 0 aliphatic carbocycles. The van der Waals surface area contributed by atoms with E-state index in [1.54, 1.807) is 18.5 Å². The summed E-state index contributed by atoms with van der Waals surface area (Å²) in [5.74, 6) is 0.596. The Bertz CT molecular complexity index is 964. The number of hydrogen-bond donors (Lipinski definition) is 0. The maximum Gasteiger partial charge on any atom is 0.124 e. The van der Waals surface area contributed by atoms with Gasteiger partial charge in [-0.3, -0.25) is 4.98 Å². The number of rotatable bonds is 7. The van der Waals surface area contributed by atoms with Crippen LogP contribution in [0.4, 0.5) is 4.39 Å². The third kappa shape index (κ3) is 4.67. The van der Waals surface area contributed by atoms with Crippen LogP contribution in [-0.4, -0.2) is 14.5 Å². The molecule has 0 spiro atoms. The molecular formula is C19H19FN6S. The third-order valence-electron chi connectivity index (χ3n) is 3.97. The Morgan fingerprint density at radius 1 is 1.26 bits per heavy atom. The third-order valence-corrected chi connectivity index (χ3v) is 4.96. The molecule has 0 saturated carbocycles. The summed E-state index contributed by atoms with van der Waals surface area (Å²) >= 11 is 1.42. The summed E-state index contributed by atoms with van der Waals surface area (Å²) in [4.78, 5) is 12.4. The van der Waals surface area contributed by atoms with Gasteiger partial charge in [0.25, 0.3) is 0 Å². The average Bonchev–Trinajstić information content (AvgIpc) is 2.98. The highest BCUT2D eigenvalue weighted by atomic mass is 32.2. The molecule has 0 aliphatic rings. The Labute approximate surface area is 161 Å². The summed E-state index contributed by atoms with van der Waals surface area (Å²) in [6.45, 7) is 4.94. The number of pyridine rings is 1. The number of hydrogen-bond acceptors (Lipinski definition) is 4. The molecule has 0 N–H and O–H groups in total. The highest BCUT2D eigenvalue weighted by Gasteiger charge is 2.20. The van der Waals surface area contributed by atoms with E-state index in [2.05, 4.69) is 33.4 Å². The summed E-state index contributed by atoms with van der Waals surface area (Å²) in [5.41, 5.74) is 10.8. The summed E-state index contributed by atoms with van der Waals surface area (Å²) in [5, 5.41) is 4.49. The fourth-order valence-electron chi connectivity index (χ4n) is 2.83. The van der Waals surface area contributed by atoms with Gasteiger partial charge in [0.1, 0.15) is 16.7 Å². The summed E-state index contributed by atoms with van der Waals surface area (Å²) in [6, 6.07) is 10.3. The molecule has 1 aromatic carbocycles. The van der Waals surface area contributed by atoms with Crippen LogP contribution in [0.25, 0.3) is 10.4 Å². The molecule has 2 aromatic heterocycles. The van der Waals surface area contributed by atoms with Gasteiger partial charge in [-0.1, -0.05) is 36.8 Å². The first kappa shape index (κ1) is 18.9. The van der Waals surface area contributed by atoms with Crippen molar-refractivity contribution in [2.24, 2.45) is 5.11 Å². The smallest absolute Gasteiger partial charge is 0.124 e. The summed E-state index contributed by atoms with van der Waals surface area (Å²) in [7, 11) is 0. The van der Waals surface area contributed by atoms with E-state index < -0.39 is 0 Å². The predicted molar refractivity (Wildman–Crippen MR) is 103 cm³/mol. The van der Waals surface area contributed by atoms with Gasteiger partial charge in [-0.25, -0.2) is 9.37 Å². The van der Waals surface area contributed by atoms with Crippen LogP contribution in [0.5, 0.6) is 0 Å². The monoisotopic (exact) mass is 382 g/mol. The van der Waals surface area contributed by atoms with Crippen LogP contribution in [0, 0.1) is 5.82 Å². The van der Waals surface area contributed by atoms with Crippen molar-refractivity contribution in [2.45, 2.75) is 42.8 Å². The first-order valence-electron chi connectivity index (χ1n) is 8.51. The van der Waals surface area contributed by atoms with Gasteiger partial charge in [-0.2, -0.15) is 0 Å². The molecule has 0 saturated heterocycles. The average molecular weight is 382 g/mol. The largest absolute Gasteiger partial charge is 0.326 e. The predicted octanol–water partition coefficient (Wildman–Crippen LogP) is 5.55. The quantitative estimate of drug-likeness (QED) is 0.305. The Morgan fingerprint density at radius 2 is 2.04 bits per heavy atom. The molecule has 27 heavy (non-hydrogen) atoms. The van der Waals surface area contributed by atoms with E-state index in [0.29, 0.717) is 12.4 Å². The van der Waals surface area contributed by atoms with Crippen molar-refractivity contribution >= 4 is 11.8 Å². The minimum atomic E-state index is -0.281. The van der Waals surface area contributed by atoms with Crippen LogP contribution in [0.1, 0.15) is 36.8 Å². The standard InChI is InChI=1S/C19H19FN6S/c1-13(2)18-19(27-16-5-3-4-15(20)10-16)24-17(11-23-25-21)26(18)12-14-6-8-22-9-7-14/h3-10,13H,11-12H2,1-2H3. The zero-order chi connectivity index (χ0) is 19.2. The number of benzene rings is 1. The highest BCUT2D eigenvalue weighted by molar-refractivity contribution is 7.99. The van der Waals surface area contributed by atoms with Crippen LogP contribution >= 0.6 is 11.8 Å². The maximum atomic E-state index is 13.6. The Hall–Kier alpha value is -2.83. The lowest BCUT2D eigenvalue weighted by atomic mass is 10.1. The Morgan fingerprint density at radius 3 is 2.70 bits per heavy atom. The van der Waals surface area contributed by atoms with E-state index in [1.165, 1.54) is 23.9 Å². The van der Waals surface area contributed by atoms with E-state index in [9.17, 15) is 4.39 Å². The minimum Gasteiger partial charge on any atom is -0.326 e. The van der Waals surface area contributed by atoms with Crippen molar-refractivity contribution < 1.29 is 4.39 Å². The second-order valence-corrected chi connectivity index (χ2v) is 7.33. The first-order chi connectivity index (χ1) is 13.1. The van der Waals surface area contributed by atoms with E-state index >= 15 is 0 Å². The van der Waals surface area contributed by atoms with Crippen molar-refractivity contribution in [3.05, 3.63) is 82.1 Å². The van der Waals surface area contributed by atoms with Crippen LogP contribution in [0.2, 0.25) is 0 Å². The van der Waals surface area contributed by atoms with Gasteiger partial charge in [0, 0.05) is 28.7 Å². The normalized spacial score (nSPS) is 10.8. The van der Waals surface area contributed by atoms with Crippen molar-refractivity contribution in [1.82, 2.24) is 14.5 Å². The number of nitrogens with zero attached hydrogens (tertiary/aromatic N) is 6. The molecule has 0 aliphatic heterocycles. The fourth-order valence-corrected chi connectivity index (χ4v) is 3.97. The molecule has 0 radical (unpaired) electrons. The molecule has 0 unspecified atom stereocenters. The van der Waals surface area contributed by atoms with E-state index in [4.69, 9.17) is 10.5 Å². The number of azide groups is 1. The molecule has 138 valence electrons. The van der Waals surface area contributed by atoms with Gasteiger partial charge < -0.3 is 4.57 Å². The van der Waals surface area contributed by atoms with Crippen molar-refractivity contribution in [3.8, 4) is 0 Å². The van der Waals surface area contributed by atoms with Crippen LogP contribution in [-0.2, 0) is 13.1 Å². The second kappa shape index (κ2) is 8.70. The molecule has 8 heteroatoms. The number of halogens is 1. The molecule has 0 atom stereocenters. The highest BCUT2D eigenvalue weighted by Crippen LogP contribution is 2.35. The van der Waals surface area contributed by atoms with E-state index in [0.717, 1.165) is 21.2 Å². The van der Waals surface area contributed by atoms with Gasteiger partial charge in [0.05, 0.1) is 12.2 Å².